The van der Waals surface area contributed by atoms with Gasteiger partial charge in [-0.2, -0.15) is 5.10 Å². The van der Waals surface area contributed by atoms with Crippen molar-refractivity contribution >= 4 is 5.91 Å². The van der Waals surface area contributed by atoms with Gasteiger partial charge in [-0.1, -0.05) is 30.3 Å². The van der Waals surface area contributed by atoms with E-state index in [1.165, 1.54) is 0 Å². The van der Waals surface area contributed by atoms with Gasteiger partial charge in [-0.05, 0) is 11.6 Å². The number of nitrogens with zero attached hydrogens (tertiary/aromatic N) is 4. The summed E-state index contributed by atoms with van der Waals surface area (Å²) in [7, 11) is 0. The van der Waals surface area contributed by atoms with Gasteiger partial charge in [0.25, 0.3) is 0 Å². The molecular formula is C17H22N4O2. The van der Waals surface area contributed by atoms with Crippen LogP contribution in [0, 0.1) is 0 Å². The van der Waals surface area contributed by atoms with Crippen molar-refractivity contribution in [1.82, 2.24) is 19.6 Å². The molecule has 1 aliphatic rings. The summed E-state index contributed by atoms with van der Waals surface area (Å²) in [5, 5.41) is 14.3. The summed E-state index contributed by atoms with van der Waals surface area (Å²) in [6.45, 7) is 3.86. The zero-order valence-corrected chi connectivity index (χ0v) is 13.1. The fourth-order valence-electron chi connectivity index (χ4n) is 2.84. The van der Waals surface area contributed by atoms with Gasteiger partial charge in [0.1, 0.15) is 6.54 Å². The lowest BCUT2D eigenvalue weighted by Crippen LogP contribution is -2.50. The second-order valence-electron chi connectivity index (χ2n) is 5.81. The largest absolute Gasteiger partial charge is 0.387 e. The number of β-amino-alcohol motifs (C(OH)–C–C–N with tert-alkyl or cyclic N) is 1. The summed E-state index contributed by atoms with van der Waals surface area (Å²) in [6.07, 6.45) is 2.99. The average Bonchev–Trinajstić information content (AvgIpc) is 3.09. The molecule has 1 fully saturated rings. The van der Waals surface area contributed by atoms with E-state index in [1.54, 1.807) is 17.1 Å². The molecule has 1 atom stereocenters. The Balaban J connectivity index is 1.46. The first-order chi connectivity index (χ1) is 11.2. The minimum absolute atomic E-state index is 0.0944. The molecule has 1 aromatic heterocycles. The van der Waals surface area contributed by atoms with E-state index in [1.807, 2.05) is 41.3 Å². The number of benzene rings is 1. The first-order valence-electron chi connectivity index (χ1n) is 7.93. The molecule has 0 bridgehead atoms. The average molecular weight is 314 g/mol. The lowest BCUT2D eigenvalue weighted by Gasteiger charge is -2.35. The molecule has 23 heavy (non-hydrogen) atoms. The molecule has 1 saturated heterocycles. The first kappa shape index (κ1) is 15.7. The number of aliphatic hydroxyl groups is 1. The monoisotopic (exact) mass is 314 g/mol. The minimum atomic E-state index is -0.484. The Morgan fingerprint density at radius 2 is 1.87 bits per heavy atom. The van der Waals surface area contributed by atoms with Crippen molar-refractivity contribution in [2.24, 2.45) is 0 Å². The number of hydrogen-bond donors (Lipinski definition) is 1. The van der Waals surface area contributed by atoms with Gasteiger partial charge < -0.3 is 10.0 Å². The SMILES string of the molecule is O=C(Cn1cccn1)N1CCN(C[C@H](O)c2ccccc2)CC1. The highest BCUT2D eigenvalue weighted by Crippen LogP contribution is 2.15. The fourth-order valence-corrected chi connectivity index (χ4v) is 2.84. The molecule has 122 valence electrons. The van der Waals surface area contributed by atoms with E-state index in [0.29, 0.717) is 26.2 Å². The van der Waals surface area contributed by atoms with E-state index < -0.39 is 6.10 Å². The van der Waals surface area contributed by atoms with Crippen LogP contribution in [0.3, 0.4) is 0 Å². The van der Waals surface area contributed by atoms with E-state index in [2.05, 4.69) is 10.00 Å². The van der Waals surface area contributed by atoms with Crippen LogP contribution in [-0.4, -0.2) is 63.3 Å². The standard InChI is InChI=1S/C17H22N4O2/c22-16(15-5-2-1-3-6-15)13-19-9-11-20(12-10-19)17(23)14-21-8-4-7-18-21/h1-8,16,22H,9-14H2/t16-/m0/s1. The molecule has 0 aliphatic carbocycles. The Labute approximate surface area is 135 Å². The topological polar surface area (TPSA) is 61.6 Å². The summed E-state index contributed by atoms with van der Waals surface area (Å²) >= 11 is 0. The van der Waals surface area contributed by atoms with Gasteiger partial charge in [-0.3, -0.25) is 14.4 Å². The molecular weight excluding hydrogens is 292 g/mol. The molecule has 0 radical (unpaired) electrons. The van der Waals surface area contributed by atoms with Crippen molar-refractivity contribution in [1.29, 1.82) is 0 Å². The second kappa shape index (κ2) is 7.39. The predicted octanol–water partition coefficient (Wildman–Crippen LogP) is 0.761. The molecule has 0 unspecified atom stereocenters. The summed E-state index contributed by atoms with van der Waals surface area (Å²) in [5.74, 6) is 0.0944. The highest BCUT2D eigenvalue weighted by atomic mass is 16.3. The number of aliphatic hydroxyl groups excluding tert-OH is 1. The van der Waals surface area contributed by atoms with E-state index >= 15 is 0 Å². The van der Waals surface area contributed by atoms with Gasteiger partial charge in [0.05, 0.1) is 6.10 Å². The van der Waals surface area contributed by atoms with E-state index in [0.717, 1.165) is 18.7 Å². The van der Waals surface area contributed by atoms with Crippen LogP contribution in [0.25, 0.3) is 0 Å². The van der Waals surface area contributed by atoms with Crippen LogP contribution in [0.1, 0.15) is 11.7 Å². The van der Waals surface area contributed by atoms with Gasteiger partial charge in [0.2, 0.25) is 5.91 Å². The lowest BCUT2D eigenvalue weighted by molar-refractivity contribution is -0.133. The summed E-state index contributed by atoms with van der Waals surface area (Å²) in [4.78, 5) is 16.3. The summed E-state index contributed by atoms with van der Waals surface area (Å²) in [5.41, 5.74) is 0.935. The first-order valence-corrected chi connectivity index (χ1v) is 7.93. The lowest BCUT2D eigenvalue weighted by atomic mass is 10.1. The zero-order valence-electron chi connectivity index (χ0n) is 13.1. The number of piperazine rings is 1. The smallest absolute Gasteiger partial charge is 0.244 e. The molecule has 1 aromatic carbocycles. The number of amides is 1. The Bertz CT molecular complexity index is 607. The Hall–Kier alpha value is -2.18. The Morgan fingerprint density at radius 3 is 2.52 bits per heavy atom. The predicted molar refractivity (Wildman–Crippen MR) is 86.6 cm³/mol. The molecule has 6 nitrogen and oxygen atoms in total. The van der Waals surface area contributed by atoms with Crippen LogP contribution in [0.5, 0.6) is 0 Å². The maximum atomic E-state index is 12.2. The number of aromatic nitrogens is 2. The van der Waals surface area contributed by atoms with Crippen molar-refractivity contribution in [2.45, 2.75) is 12.6 Å². The van der Waals surface area contributed by atoms with E-state index in [9.17, 15) is 9.90 Å². The van der Waals surface area contributed by atoms with Gasteiger partial charge >= 0.3 is 0 Å². The zero-order chi connectivity index (χ0) is 16.1. The Morgan fingerprint density at radius 1 is 1.13 bits per heavy atom. The third-order valence-corrected chi connectivity index (χ3v) is 4.20. The number of carbonyl (C=O) groups is 1. The summed E-state index contributed by atoms with van der Waals surface area (Å²) in [6, 6.07) is 11.5. The fraction of sp³-hybridized carbons (Fsp3) is 0.412. The van der Waals surface area contributed by atoms with Crippen molar-refractivity contribution in [3.8, 4) is 0 Å². The van der Waals surface area contributed by atoms with Gasteiger partial charge in [0.15, 0.2) is 0 Å². The molecule has 0 saturated carbocycles. The quantitative estimate of drug-likeness (QED) is 0.885. The molecule has 1 aliphatic heterocycles. The second-order valence-corrected chi connectivity index (χ2v) is 5.81. The molecule has 1 amide bonds. The molecule has 0 spiro atoms. The van der Waals surface area contributed by atoms with Crippen LogP contribution in [0.4, 0.5) is 0 Å². The third kappa shape index (κ3) is 4.18. The van der Waals surface area contributed by atoms with E-state index in [-0.39, 0.29) is 5.91 Å². The highest BCUT2D eigenvalue weighted by Gasteiger charge is 2.23. The molecule has 1 N–H and O–H groups in total. The molecule has 2 heterocycles. The van der Waals surface area contributed by atoms with Crippen LogP contribution in [-0.2, 0) is 11.3 Å². The Kier molecular flexibility index (Phi) is 5.05. The molecule has 2 aromatic rings. The van der Waals surface area contributed by atoms with E-state index in [4.69, 9.17) is 0 Å². The van der Waals surface area contributed by atoms with Crippen LogP contribution < -0.4 is 0 Å². The molecule has 6 heteroatoms. The van der Waals surface area contributed by atoms with Crippen molar-refractivity contribution in [3.63, 3.8) is 0 Å². The number of hydrogen-bond acceptors (Lipinski definition) is 4. The summed E-state index contributed by atoms with van der Waals surface area (Å²) < 4.78 is 1.65. The van der Waals surface area contributed by atoms with Crippen LogP contribution in [0.2, 0.25) is 0 Å². The minimum Gasteiger partial charge on any atom is -0.387 e. The number of rotatable bonds is 5. The number of carbonyl (C=O) groups excluding carboxylic acids is 1. The van der Waals surface area contributed by atoms with Crippen LogP contribution >= 0.6 is 0 Å². The van der Waals surface area contributed by atoms with Crippen LogP contribution in [0.15, 0.2) is 48.8 Å². The maximum Gasteiger partial charge on any atom is 0.244 e. The maximum absolute atomic E-state index is 12.2. The van der Waals surface area contributed by atoms with Gasteiger partial charge in [-0.25, -0.2) is 0 Å². The molecule has 3 rings (SSSR count). The van der Waals surface area contributed by atoms with Crippen molar-refractivity contribution in [3.05, 3.63) is 54.4 Å². The third-order valence-electron chi connectivity index (χ3n) is 4.20. The van der Waals surface area contributed by atoms with Crippen molar-refractivity contribution in [2.75, 3.05) is 32.7 Å². The van der Waals surface area contributed by atoms with Gasteiger partial charge in [-0.15, -0.1) is 0 Å². The normalized spacial score (nSPS) is 17.2. The highest BCUT2D eigenvalue weighted by molar-refractivity contribution is 5.76. The van der Waals surface area contributed by atoms with Gasteiger partial charge in [0, 0.05) is 45.1 Å². The van der Waals surface area contributed by atoms with Crippen molar-refractivity contribution < 1.29 is 9.90 Å².